The molecule has 0 bridgehead atoms. The number of fused-ring (bicyclic) bond motifs is 1. The molecule has 1 aliphatic heterocycles. The Hall–Kier alpha value is -2.56. The van der Waals surface area contributed by atoms with Crippen molar-refractivity contribution in [2.45, 2.75) is 18.1 Å². The van der Waals surface area contributed by atoms with Crippen LogP contribution in [0.25, 0.3) is 11.0 Å². The van der Waals surface area contributed by atoms with E-state index in [1.165, 1.54) is 28.6 Å². The third kappa shape index (κ3) is 3.96. The third-order valence-corrected chi connectivity index (χ3v) is 6.58. The number of para-hydroxylation sites is 2. The van der Waals surface area contributed by atoms with Gasteiger partial charge in [0.1, 0.15) is 12.4 Å². The van der Waals surface area contributed by atoms with Gasteiger partial charge in [0.05, 0.1) is 29.1 Å². The van der Waals surface area contributed by atoms with Gasteiger partial charge in [0.25, 0.3) is 0 Å². The lowest BCUT2D eigenvalue weighted by atomic mass is 10.3. The molecule has 29 heavy (non-hydrogen) atoms. The molecule has 0 atom stereocenters. The Balaban J connectivity index is 1.50. The number of halogens is 2. The number of rotatable bonds is 6. The van der Waals surface area contributed by atoms with Crippen LogP contribution >= 0.6 is 0 Å². The smallest absolute Gasteiger partial charge is 0.320 e. The van der Waals surface area contributed by atoms with E-state index in [-0.39, 0.29) is 17.3 Å². The van der Waals surface area contributed by atoms with Gasteiger partial charge in [-0.1, -0.05) is 12.1 Å². The van der Waals surface area contributed by atoms with Crippen molar-refractivity contribution in [3.63, 3.8) is 0 Å². The van der Waals surface area contributed by atoms with Gasteiger partial charge in [-0.2, -0.15) is 13.1 Å². The highest BCUT2D eigenvalue weighted by atomic mass is 32.2. The number of aromatic nitrogens is 2. The Morgan fingerprint density at radius 3 is 2.45 bits per heavy atom. The SMILES string of the molecule is O=S(=O)(c1ccc(OCc2nc3ccccc3n2C(F)F)cc1)N1CCOCC1. The number of ether oxygens (including phenoxy) is 2. The summed E-state index contributed by atoms with van der Waals surface area (Å²) < 4.78 is 65.2. The van der Waals surface area contributed by atoms with Gasteiger partial charge in [0.15, 0.2) is 5.82 Å². The molecule has 1 fully saturated rings. The van der Waals surface area contributed by atoms with Crippen LogP contribution in [0.2, 0.25) is 0 Å². The predicted molar refractivity (Wildman–Crippen MR) is 101 cm³/mol. The van der Waals surface area contributed by atoms with Gasteiger partial charge in [-0.15, -0.1) is 0 Å². The second kappa shape index (κ2) is 8.05. The van der Waals surface area contributed by atoms with Crippen LogP contribution in [0, 0.1) is 0 Å². The quantitative estimate of drug-likeness (QED) is 0.609. The summed E-state index contributed by atoms with van der Waals surface area (Å²) in [5.41, 5.74) is 0.784. The lowest BCUT2D eigenvalue weighted by Crippen LogP contribution is -2.40. The Kier molecular flexibility index (Phi) is 5.48. The van der Waals surface area contributed by atoms with Crippen LogP contribution in [0.5, 0.6) is 5.75 Å². The van der Waals surface area contributed by atoms with E-state index in [1.807, 2.05) is 0 Å². The highest BCUT2D eigenvalue weighted by Gasteiger charge is 2.26. The average molecular weight is 423 g/mol. The summed E-state index contributed by atoms with van der Waals surface area (Å²) in [6.07, 6.45) is 0. The fraction of sp³-hybridized carbons (Fsp3) is 0.316. The number of nitrogens with zero attached hydrogens (tertiary/aromatic N) is 3. The van der Waals surface area contributed by atoms with E-state index in [0.29, 0.717) is 43.1 Å². The van der Waals surface area contributed by atoms with E-state index >= 15 is 0 Å². The second-order valence-electron chi connectivity index (χ2n) is 6.44. The third-order valence-electron chi connectivity index (χ3n) is 4.66. The fourth-order valence-corrected chi connectivity index (χ4v) is 4.61. The standard InChI is InChI=1S/C19H19F2N3O4S/c20-19(21)24-17-4-2-1-3-16(17)22-18(24)13-28-14-5-7-15(8-6-14)29(25,26)23-9-11-27-12-10-23/h1-8,19H,9-13H2. The number of imidazole rings is 1. The molecule has 10 heteroatoms. The molecule has 2 heterocycles. The van der Waals surface area contributed by atoms with Gasteiger partial charge in [-0.3, -0.25) is 4.57 Å². The summed E-state index contributed by atoms with van der Waals surface area (Å²) >= 11 is 0. The summed E-state index contributed by atoms with van der Waals surface area (Å²) in [6.45, 7) is -1.57. The van der Waals surface area contributed by atoms with Crippen molar-refractivity contribution in [3.05, 3.63) is 54.4 Å². The molecule has 0 aliphatic carbocycles. The minimum absolute atomic E-state index is 0.0891. The first-order valence-electron chi connectivity index (χ1n) is 9.01. The summed E-state index contributed by atoms with van der Waals surface area (Å²) in [5, 5.41) is 0. The van der Waals surface area contributed by atoms with Crippen LogP contribution in [0.4, 0.5) is 8.78 Å². The number of hydrogen-bond donors (Lipinski definition) is 0. The summed E-state index contributed by atoms with van der Waals surface area (Å²) in [5.74, 6) is 0.449. The molecule has 7 nitrogen and oxygen atoms in total. The Morgan fingerprint density at radius 1 is 1.07 bits per heavy atom. The summed E-state index contributed by atoms with van der Waals surface area (Å²) in [4.78, 5) is 4.36. The molecule has 0 amide bonds. The normalized spacial score (nSPS) is 15.8. The van der Waals surface area contributed by atoms with E-state index in [4.69, 9.17) is 9.47 Å². The van der Waals surface area contributed by atoms with Crippen molar-refractivity contribution in [2.24, 2.45) is 0 Å². The number of alkyl halides is 2. The molecule has 0 saturated carbocycles. The van der Waals surface area contributed by atoms with Gasteiger partial charge < -0.3 is 9.47 Å². The molecular weight excluding hydrogens is 404 g/mol. The van der Waals surface area contributed by atoms with E-state index in [2.05, 4.69) is 4.98 Å². The molecule has 0 radical (unpaired) electrons. The van der Waals surface area contributed by atoms with Crippen LogP contribution < -0.4 is 4.74 Å². The maximum atomic E-state index is 13.5. The van der Waals surface area contributed by atoms with E-state index in [9.17, 15) is 17.2 Å². The topological polar surface area (TPSA) is 73.7 Å². The van der Waals surface area contributed by atoms with Crippen molar-refractivity contribution in [3.8, 4) is 5.75 Å². The average Bonchev–Trinajstić information content (AvgIpc) is 3.12. The Bertz CT molecular complexity index is 1090. The maximum Gasteiger partial charge on any atom is 0.320 e. The molecule has 1 aliphatic rings. The molecule has 0 unspecified atom stereocenters. The van der Waals surface area contributed by atoms with Gasteiger partial charge in [0, 0.05) is 13.1 Å². The maximum absolute atomic E-state index is 13.5. The first kappa shape index (κ1) is 19.7. The van der Waals surface area contributed by atoms with Crippen molar-refractivity contribution < 1.29 is 26.7 Å². The molecule has 4 rings (SSSR count). The zero-order valence-corrected chi connectivity index (χ0v) is 16.2. The molecule has 154 valence electrons. The van der Waals surface area contributed by atoms with Crippen LogP contribution in [-0.2, 0) is 21.4 Å². The zero-order valence-electron chi connectivity index (χ0n) is 15.4. The van der Waals surface area contributed by atoms with Crippen LogP contribution in [0.3, 0.4) is 0 Å². The number of morpholine rings is 1. The van der Waals surface area contributed by atoms with Gasteiger partial charge in [-0.05, 0) is 36.4 Å². The minimum atomic E-state index is -3.60. The minimum Gasteiger partial charge on any atom is -0.486 e. The van der Waals surface area contributed by atoms with E-state index in [1.54, 1.807) is 24.3 Å². The molecule has 0 N–H and O–H groups in total. The van der Waals surface area contributed by atoms with Crippen LogP contribution in [0.1, 0.15) is 12.4 Å². The first-order valence-corrected chi connectivity index (χ1v) is 10.5. The fourth-order valence-electron chi connectivity index (χ4n) is 3.21. The monoisotopic (exact) mass is 423 g/mol. The second-order valence-corrected chi connectivity index (χ2v) is 8.38. The molecular formula is C19H19F2N3O4S. The van der Waals surface area contributed by atoms with Crippen molar-refractivity contribution >= 4 is 21.1 Å². The van der Waals surface area contributed by atoms with Crippen molar-refractivity contribution in [1.82, 2.24) is 13.9 Å². The molecule has 1 saturated heterocycles. The van der Waals surface area contributed by atoms with Crippen molar-refractivity contribution in [1.29, 1.82) is 0 Å². The predicted octanol–water partition coefficient (Wildman–Crippen LogP) is 3.03. The van der Waals surface area contributed by atoms with E-state index in [0.717, 1.165) is 4.57 Å². The van der Waals surface area contributed by atoms with Crippen LogP contribution in [-0.4, -0.2) is 48.6 Å². The van der Waals surface area contributed by atoms with Crippen LogP contribution in [0.15, 0.2) is 53.4 Å². The Morgan fingerprint density at radius 2 is 1.76 bits per heavy atom. The number of sulfonamides is 1. The van der Waals surface area contributed by atoms with Gasteiger partial charge in [-0.25, -0.2) is 13.4 Å². The van der Waals surface area contributed by atoms with E-state index < -0.39 is 16.6 Å². The number of benzene rings is 2. The van der Waals surface area contributed by atoms with Gasteiger partial charge in [0.2, 0.25) is 10.0 Å². The molecule has 3 aromatic rings. The van der Waals surface area contributed by atoms with Gasteiger partial charge >= 0.3 is 6.55 Å². The lowest BCUT2D eigenvalue weighted by Gasteiger charge is -2.26. The molecule has 1 aromatic heterocycles. The summed E-state index contributed by atoms with van der Waals surface area (Å²) in [6, 6.07) is 12.5. The molecule has 0 spiro atoms. The number of hydrogen-bond acceptors (Lipinski definition) is 5. The van der Waals surface area contributed by atoms with Crippen molar-refractivity contribution in [2.75, 3.05) is 26.3 Å². The lowest BCUT2D eigenvalue weighted by molar-refractivity contribution is 0.0677. The highest BCUT2D eigenvalue weighted by molar-refractivity contribution is 7.89. The summed E-state index contributed by atoms with van der Waals surface area (Å²) in [7, 11) is -3.60. The highest BCUT2D eigenvalue weighted by Crippen LogP contribution is 2.25. The largest absolute Gasteiger partial charge is 0.486 e. The Labute approximate surface area is 166 Å². The first-order chi connectivity index (χ1) is 14.0. The zero-order chi connectivity index (χ0) is 20.4. The molecule has 2 aromatic carbocycles.